The predicted molar refractivity (Wildman–Crippen MR) is 60.0 cm³/mol. The molecule has 1 heterocycles. The normalized spacial score (nSPS) is 13.6. The number of nitrogens with one attached hydrogen (secondary N) is 1. The SMILES string of the molecule is O=C(O)Cc1ccccc1.O=C1CCCN1. The van der Waals surface area contributed by atoms with Crippen LogP contribution in [0.3, 0.4) is 0 Å². The second kappa shape index (κ2) is 6.61. The van der Waals surface area contributed by atoms with Crippen molar-refractivity contribution in [2.24, 2.45) is 0 Å². The van der Waals surface area contributed by atoms with Crippen LogP contribution in [0.5, 0.6) is 0 Å². The maximum Gasteiger partial charge on any atom is 0.307 e. The quantitative estimate of drug-likeness (QED) is 0.788. The fourth-order valence-electron chi connectivity index (χ4n) is 1.34. The van der Waals surface area contributed by atoms with Gasteiger partial charge in [0.25, 0.3) is 0 Å². The van der Waals surface area contributed by atoms with Crippen LogP contribution in [-0.2, 0) is 16.0 Å². The minimum absolute atomic E-state index is 0.112. The summed E-state index contributed by atoms with van der Waals surface area (Å²) in [5.41, 5.74) is 0.843. The minimum atomic E-state index is -0.786. The molecule has 0 aliphatic carbocycles. The van der Waals surface area contributed by atoms with E-state index in [0.29, 0.717) is 0 Å². The molecule has 1 aromatic rings. The van der Waals surface area contributed by atoms with E-state index in [2.05, 4.69) is 5.32 Å². The molecule has 0 unspecified atom stereocenters. The first kappa shape index (κ1) is 12.2. The number of aliphatic carboxylic acids is 1. The standard InChI is InChI=1S/C8H8O2.C4H7NO/c9-8(10)6-7-4-2-1-3-5-7;6-4-2-1-3-5-4/h1-5H,6H2,(H,9,10);1-3H2,(H,5,6). The summed E-state index contributed by atoms with van der Waals surface area (Å²) in [5, 5.41) is 11.0. The molecule has 1 aliphatic rings. The Morgan fingerprint density at radius 2 is 2.00 bits per heavy atom. The Morgan fingerprint density at radius 1 is 1.31 bits per heavy atom. The lowest BCUT2D eigenvalue weighted by Crippen LogP contribution is -2.12. The molecule has 2 N–H and O–H groups in total. The van der Waals surface area contributed by atoms with Gasteiger partial charge in [0, 0.05) is 13.0 Å². The maximum atomic E-state index is 10.2. The van der Waals surface area contributed by atoms with Gasteiger partial charge < -0.3 is 10.4 Å². The van der Waals surface area contributed by atoms with Crippen molar-refractivity contribution < 1.29 is 14.7 Å². The van der Waals surface area contributed by atoms with Gasteiger partial charge in [-0.25, -0.2) is 0 Å². The van der Waals surface area contributed by atoms with Gasteiger partial charge in [-0.2, -0.15) is 0 Å². The van der Waals surface area contributed by atoms with Gasteiger partial charge in [-0.15, -0.1) is 0 Å². The van der Waals surface area contributed by atoms with E-state index < -0.39 is 5.97 Å². The molecule has 0 radical (unpaired) electrons. The number of rotatable bonds is 2. The molecule has 1 amide bonds. The molecule has 1 aromatic carbocycles. The summed E-state index contributed by atoms with van der Waals surface area (Å²) in [4.78, 5) is 20.3. The summed E-state index contributed by atoms with van der Waals surface area (Å²) < 4.78 is 0. The number of carboxylic acid groups (broad SMARTS) is 1. The fourth-order valence-corrected chi connectivity index (χ4v) is 1.34. The van der Waals surface area contributed by atoms with Crippen LogP contribution >= 0.6 is 0 Å². The molecule has 16 heavy (non-hydrogen) atoms. The smallest absolute Gasteiger partial charge is 0.307 e. The molecule has 4 nitrogen and oxygen atoms in total. The summed E-state index contributed by atoms with van der Waals surface area (Å²) in [7, 11) is 0. The monoisotopic (exact) mass is 221 g/mol. The van der Waals surface area contributed by atoms with Crippen LogP contribution in [0, 0.1) is 0 Å². The van der Waals surface area contributed by atoms with Gasteiger partial charge in [0.1, 0.15) is 0 Å². The highest BCUT2D eigenvalue weighted by atomic mass is 16.4. The second-order valence-corrected chi connectivity index (χ2v) is 3.51. The van der Waals surface area contributed by atoms with Crippen molar-refractivity contribution in [2.75, 3.05) is 6.54 Å². The number of hydrogen-bond acceptors (Lipinski definition) is 2. The molecule has 1 aliphatic heterocycles. The van der Waals surface area contributed by atoms with Crippen molar-refractivity contribution in [2.45, 2.75) is 19.3 Å². The Kier molecular flexibility index (Phi) is 5.05. The molecule has 0 spiro atoms. The zero-order valence-corrected chi connectivity index (χ0v) is 8.98. The van der Waals surface area contributed by atoms with Gasteiger partial charge in [0.05, 0.1) is 6.42 Å². The van der Waals surface area contributed by atoms with E-state index in [4.69, 9.17) is 5.11 Å². The lowest BCUT2D eigenvalue weighted by molar-refractivity contribution is -0.136. The topological polar surface area (TPSA) is 66.4 Å². The van der Waals surface area contributed by atoms with Crippen LogP contribution in [0.1, 0.15) is 18.4 Å². The van der Waals surface area contributed by atoms with Crippen molar-refractivity contribution in [1.29, 1.82) is 0 Å². The van der Waals surface area contributed by atoms with Crippen LogP contribution in [0.15, 0.2) is 30.3 Å². The van der Waals surface area contributed by atoms with Gasteiger partial charge in [0.15, 0.2) is 0 Å². The number of benzene rings is 1. The third-order valence-electron chi connectivity index (χ3n) is 2.10. The van der Waals surface area contributed by atoms with Crippen molar-refractivity contribution in [3.05, 3.63) is 35.9 Å². The highest BCUT2D eigenvalue weighted by Gasteiger charge is 2.05. The number of carbonyl (C=O) groups is 2. The molecule has 1 fully saturated rings. The highest BCUT2D eigenvalue weighted by molar-refractivity contribution is 5.77. The molecule has 86 valence electrons. The van der Waals surface area contributed by atoms with E-state index in [9.17, 15) is 9.59 Å². The minimum Gasteiger partial charge on any atom is -0.481 e. The van der Waals surface area contributed by atoms with Crippen LogP contribution in [-0.4, -0.2) is 23.5 Å². The Morgan fingerprint density at radius 3 is 2.38 bits per heavy atom. The number of amides is 1. The van der Waals surface area contributed by atoms with Crippen molar-refractivity contribution >= 4 is 11.9 Å². The second-order valence-electron chi connectivity index (χ2n) is 3.51. The lowest BCUT2D eigenvalue weighted by Gasteiger charge is -1.92. The van der Waals surface area contributed by atoms with E-state index in [1.165, 1.54) is 0 Å². The Labute approximate surface area is 94.3 Å². The molecule has 0 aromatic heterocycles. The van der Waals surface area contributed by atoms with E-state index in [0.717, 1.165) is 24.9 Å². The van der Waals surface area contributed by atoms with Crippen LogP contribution in [0.25, 0.3) is 0 Å². The third-order valence-corrected chi connectivity index (χ3v) is 2.10. The van der Waals surface area contributed by atoms with Gasteiger partial charge in [-0.1, -0.05) is 30.3 Å². The van der Waals surface area contributed by atoms with Gasteiger partial charge in [0.2, 0.25) is 5.91 Å². The van der Waals surface area contributed by atoms with E-state index in [-0.39, 0.29) is 12.3 Å². The first-order valence-corrected chi connectivity index (χ1v) is 5.21. The first-order valence-electron chi connectivity index (χ1n) is 5.21. The zero-order valence-electron chi connectivity index (χ0n) is 8.98. The van der Waals surface area contributed by atoms with Crippen molar-refractivity contribution in [1.82, 2.24) is 5.32 Å². The summed E-state index contributed by atoms with van der Waals surface area (Å²) >= 11 is 0. The fraction of sp³-hybridized carbons (Fsp3) is 0.333. The molecular formula is C12H15NO3. The molecule has 4 heteroatoms. The molecule has 0 atom stereocenters. The van der Waals surface area contributed by atoms with Crippen LogP contribution < -0.4 is 5.32 Å². The highest BCUT2D eigenvalue weighted by Crippen LogP contribution is 1.98. The van der Waals surface area contributed by atoms with Crippen LogP contribution in [0.4, 0.5) is 0 Å². The largest absolute Gasteiger partial charge is 0.481 e. The summed E-state index contributed by atoms with van der Waals surface area (Å²) in [6.07, 6.45) is 1.87. The van der Waals surface area contributed by atoms with Crippen molar-refractivity contribution in [3.8, 4) is 0 Å². The van der Waals surface area contributed by atoms with Gasteiger partial charge in [-0.05, 0) is 12.0 Å². The van der Waals surface area contributed by atoms with E-state index in [1.807, 2.05) is 18.2 Å². The Hall–Kier alpha value is -1.84. The molecule has 0 bridgehead atoms. The van der Waals surface area contributed by atoms with Gasteiger partial charge in [-0.3, -0.25) is 9.59 Å². The van der Waals surface area contributed by atoms with Crippen molar-refractivity contribution in [3.63, 3.8) is 0 Å². The Bertz CT molecular complexity index is 341. The number of carbonyl (C=O) groups excluding carboxylic acids is 1. The molecule has 2 rings (SSSR count). The third kappa shape index (κ3) is 5.14. The van der Waals surface area contributed by atoms with E-state index in [1.54, 1.807) is 12.1 Å². The lowest BCUT2D eigenvalue weighted by atomic mass is 10.2. The number of hydrogen-bond donors (Lipinski definition) is 2. The number of carboxylic acids is 1. The molecule has 1 saturated heterocycles. The Balaban J connectivity index is 0.000000181. The average Bonchev–Trinajstić information content (AvgIpc) is 2.71. The summed E-state index contributed by atoms with van der Waals surface area (Å²) in [6.45, 7) is 0.888. The first-order chi connectivity index (χ1) is 7.68. The summed E-state index contributed by atoms with van der Waals surface area (Å²) in [5.74, 6) is -0.582. The predicted octanol–water partition coefficient (Wildman–Crippen LogP) is 1.21. The average molecular weight is 221 g/mol. The van der Waals surface area contributed by atoms with E-state index >= 15 is 0 Å². The van der Waals surface area contributed by atoms with Crippen LogP contribution in [0.2, 0.25) is 0 Å². The zero-order chi connectivity index (χ0) is 11.8. The summed E-state index contributed by atoms with van der Waals surface area (Å²) in [6, 6.07) is 9.13. The maximum absolute atomic E-state index is 10.2. The van der Waals surface area contributed by atoms with Gasteiger partial charge >= 0.3 is 5.97 Å². The molecular weight excluding hydrogens is 206 g/mol. The molecule has 0 saturated carbocycles.